The van der Waals surface area contributed by atoms with E-state index in [0.29, 0.717) is 28.8 Å². The van der Waals surface area contributed by atoms with Crippen molar-refractivity contribution in [3.63, 3.8) is 0 Å². The standard InChI is InChI=1S/C21H23N3O3S/c1-15-7-9-16(10-8-15)11-24-12-17(13-25)22-21(24)28-14-20(26)23-18-5-3-4-6-19(18)27-2/h3-10,12,25H,11,13-14H2,1-2H3,(H,23,26). The zero-order valence-electron chi connectivity index (χ0n) is 15.9. The van der Waals surface area contributed by atoms with Crippen LogP contribution in [0.5, 0.6) is 5.75 Å². The molecule has 28 heavy (non-hydrogen) atoms. The fraction of sp³-hybridized carbons (Fsp3) is 0.238. The molecule has 7 heteroatoms. The molecule has 3 rings (SSSR count). The van der Waals surface area contributed by atoms with Gasteiger partial charge in [-0.1, -0.05) is 53.7 Å². The zero-order valence-corrected chi connectivity index (χ0v) is 16.7. The number of aliphatic hydroxyl groups excluding tert-OH is 1. The molecular weight excluding hydrogens is 374 g/mol. The fourth-order valence-electron chi connectivity index (χ4n) is 2.71. The van der Waals surface area contributed by atoms with E-state index in [-0.39, 0.29) is 18.3 Å². The Morgan fingerprint density at radius 1 is 1.21 bits per heavy atom. The maximum atomic E-state index is 12.4. The van der Waals surface area contributed by atoms with Crippen LogP contribution in [0.2, 0.25) is 0 Å². The van der Waals surface area contributed by atoms with Gasteiger partial charge in [-0.3, -0.25) is 4.79 Å². The van der Waals surface area contributed by atoms with Gasteiger partial charge in [0.1, 0.15) is 5.75 Å². The van der Waals surface area contributed by atoms with Crippen molar-refractivity contribution in [2.45, 2.75) is 25.2 Å². The molecule has 0 aliphatic heterocycles. The molecule has 0 spiro atoms. The topological polar surface area (TPSA) is 76.4 Å². The van der Waals surface area contributed by atoms with Gasteiger partial charge in [-0.25, -0.2) is 4.98 Å². The molecule has 2 N–H and O–H groups in total. The van der Waals surface area contributed by atoms with Crippen LogP contribution in [0.4, 0.5) is 5.69 Å². The van der Waals surface area contributed by atoms with Gasteiger partial charge in [-0.2, -0.15) is 0 Å². The van der Waals surface area contributed by atoms with E-state index < -0.39 is 0 Å². The second kappa shape index (κ2) is 9.43. The van der Waals surface area contributed by atoms with Crippen LogP contribution in [0.25, 0.3) is 0 Å². The van der Waals surface area contributed by atoms with E-state index in [2.05, 4.69) is 34.6 Å². The summed E-state index contributed by atoms with van der Waals surface area (Å²) in [7, 11) is 1.57. The Morgan fingerprint density at radius 3 is 2.68 bits per heavy atom. The van der Waals surface area contributed by atoms with Crippen molar-refractivity contribution in [2.24, 2.45) is 0 Å². The Labute approximate surface area is 168 Å². The number of nitrogens with zero attached hydrogens (tertiary/aromatic N) is 2. The Bertz CT molecular complexity index is 938. The monoisotopic (exact) mass is 397 g/mol. The van der Waals surface area contributed by atoms with E-state index >= 15 is 0 Å². The summed E-state index contributed by atoms with van der Waals surface area (Å²) < 4.78 is 7.21. The molecule has 146 valence electrons. The molecule has 0 atom stereocenters. The first-order valence-corrected chi connectivity index (χ1v) is 9.85. The average molecular weight is 398 g/mol. The Hall–Kier alpha value is -2.77. The molecule has 0 aliphatic rings. The predicted molar refractivity (Wildman–Crippen MR) is 111 cm³/mol. The van der Waals surface area contributed by atoms with E-state index in [1.807, 2.05) is 29.8 Å². The second-order valence-corrected chi connectivity index (χ2v) is 7.27. The van der Waals surface area contributed by atoms with Crippen LogP contribution in [0.1, 0.15) is 16.8 Å². The number of imidazole rings is 1. The van der Waals surface area contributed by atoms with E-state index in [0.717, 1.165) is 5.56 Å². The number of ether oxygens (including phenoxy) is 1. The number of thioether (sulfide) groups is 1. The number of anilines is 1. The second-order valence-electron chi connectivity index (χ2n) is 6.32. The number of carbonyl (C=O) groups excluding carboxylic acids is 1. The third-order valence-corrected chi connectivity index (χ3v) is 5.13. The molecule has 0 radical (unpaired) electrons. The highest BCUT2D eigenvalue weighted by Crippen LogP contribution is 2.24. The van der Waals surface area contributed by atoms with E-state index in [1.54, 1.807) is 19.2 Å². The molecule has 6 nitrogen and oxygen atoms in total. The lowest BCUT2D eigenvalue weighted by atomic mass is 10.1. The number of para-hydroxylation sites is 2. The van der Waals surface area contributed by atoms with Gasteiger partial charge < -0.3 is 19.7 Å². The van der Waals surface area contributed by atoms with Crippen LogP contribution >= 0.6 is 11.8 Å². The number of aromatic nitrogens is 2. The first-order chi connectivity index (χ1) is 13.6. The molecule has 0 fully saturated rings. The molecule has 0 unspecified atom stereocenters. The maximum Gasteiger partial charge on any atom is 0.234 e. The van der Waals surface area contributed by atoms with Gasteiger partial charge in [0, 0.05) is 12.7 Å². The number of amides is 1. The van der Waals surface area contributed by atoms with Crippen LogP contribution in [0, 0.1) is 6.92 Å². The highest BCUT2D eigenvalue weighted by Gasteiger charge is 2.13. The molecule has 2 aromatic carbocycles. The van der Waals surface area contributed by atoms with Crippen molar-refractivity contribution < 1.29 is 14.6 Å². The van der Waals surface area contributed by atoms with Crippen LogP contribution in [0.3, 0.4) is 0 Å². The SMILES string of the molecule is COc1ccccc1NC(=O)CSc1nc(CO)cn1Cc1ccc(C)cc1. The summed E-state index contributed by atoms with van der Waals surface area (Å²) in [6.45, 7) is 2.54. The minimum absolute atomic E-state index is 0.137. The van der Waals surface area contributed by atoms with E-state index in [1.165, 1.54) is 17.3 Å². The molecule has 3 aromatic rings. The smallest absolute Gasteiger partial charge is 0.234 e. The maximum absolute atomic E-state index is 12.4. The van der Waals surface area contributed by atoms with E-state index in [4.69, 9.17) is 4.74 Å². The Morgan fingerprint density at radius 2 is 1.96 bits per heavy atom. The number of methoxy groups -OCH3 is 1. The summed E-state index contributed by atoms with van der Waals surface area (Å²) in [5.74, 6) is 0.669. The normalized spacial score (nSPS) is 10.7. The number of nitrogens with one attached hydrogen (secondary N) is 1. The summed E-state index contributed by atoms with van der Waals surface area (Å²) in [4.78, 5) is 16.8. The number of benzene rings is 2. The van der Waals surface area contributed by atoms with Gasteiger partial charge in [0.2, 0.25) is 5.91 Å². The van der Waals surface area contributed by atoms with Gasteiger partial charge >= 0.3 is 0 Å². The number of hydrogen-bond donors (Lipinski definition) is 2. The van der Waals surface area contributed by atoms with Crippen molar-refractivity contribution in [1.29, 1.82) is 0 Å². The Balaban J connectivity index is 1.67. The van der Waals surface area contributed by atoms with Crippen LogP contribution in [0.15, 0.2) is 59.9 Å². The van der Waals surface area contributed by atoms with Gasteiger partial charge in [0.15, 0.2) is 5.16 Å². The first kappa shape index (κ1) is 20.0. The van der Waals surface area contributed by atoms with Gasteiger partial charge in [-0.05, 0) is 24.6 Å². The van der Waals surface area contributed by atoms with Gasteiger partial charge in [0.25, 0.3) is 0 Å². The third kappa shape index (κ3) is 5.15. The van der Waals surface area contributed by atoms with E-state index in [9.17, 15) is 9.90 Å². The van der Waals surface area contributed by atoms with Crippen molar-refractivity contribution in [3.8, 4) is 5.75 Å². The minimum atomic E-state index is -0.148. The van der Waals surface area contributed by atoms with Gasteiger partial charge in [-0.15, -0.1) is 0 Å². The largest absolute Gasteiger partial charge is 0.495 e. The first-order valence-electron chi connectivity index (χ1n) is 8.87. The number of aliphatic hydroxyl groups is 1. The lowest BCUT2D eigenvalue weighted by molar-refractivity contribution is -0.113. The summed E-state index contributed by atoms with van der Waals surface area (Å²) >= 11 is 1.33. The van der Waals surface area contributed by atoms with Crippen LogP contribution in [-0.4, -0.2) is 33.4 Å². The number of carbonyl (C=O) groups is 1. The summed E-state index contributed by atoms with van der Waals surface area (Å²) in [6.07, 6.45) is 1.82. The molecule has 1 amide bonds. The van der Waals surface area contributed by atoms with Crippen LogP contribution in [-0.2, 0) is 17.9 Å². The zero-order chi connectivity index (χ0) is 19.9. The highest BCUT2D eigenvalue weighted by atomic mass is 32.2. The molecule has 1 aromatic heterocycles. The van der Waals surface area contributed by atoms with Gasteiger partial charge in [0.05, 0.1) is 30.9 Å². The molecule has 0 bridgehead atoms. The molecule has 1 heterocycles. The molecule has 0 aliphatic carbocycles. The van der Waals surface area contributed by atoms with Crippen molar-refractivity contribution in [2.75, 3.05) is 18.2 Å². The van der Waals surface area contributed by atoms with Crippen molar-refractivity contribution in [1.82, 2.24) is 9.55 Å². The minimum Gasteiger partial charge on any atom is -0.495 e. The predicted octanol–water partition coefficient (Wildman–Crippen LogP) is 3.47. The number of rotatable bonds is 8. The van der Waals surface area contributed by atoms with Crippen LogP contribution < -0.4 is 10.1 Å². The summed E-state index contributed by atoms with van der Waals surface area (Å²) in [5.41, 5.74) is 3.55. The summed E-state index contributed by atoms with van der Waals surface area (Å²) in [5, 5.41) is 13.0. The molecular formula is C21H23N3O3S. The third-order valence-electron chi connectivity index (χ3n) is 4.14. The highest BCUT2D eigenvalue weighted by molar-refractivity contribution is 7.99. The summed E-state index contributed by atoms with van der Waals surface area (Å²) in [6, 6.07) is 15.5. The number of hydrogen-bond acceptors (Lipinski definition) is 5. The molecule has 0 saturated heterocycles. The quantitative estimate of drug-likeness (QED) is 0.569. The lowest BCUT2D eigenvalue weighted by Crippen LogP contribution is -2.15. The fourth-order valence-corrected chi connectivity index (χ4v) is 3.51. The Kier molecular flexibility index (Phi) is 6.73. The number of aryl methyl sites for hydroxylation is 1. The lowest BCUT2D eigenvalue weighted by Gasteiger charge is -2.10. The molecule has 0 saturated carbocycles. The average Bonchev–Trinajstić information content (AvgIpc) is 3.10. The van der Waals surface area contributed by atoms with Crippen molar-refractivity contribution in [3.05, 3.63) is 71.5 Å². The van der Waals surface area contributed by atoms with Crippen molar-refractivity contribution >= 4 is 23.4 Å².